The molecular formula is C18H28N4O2. The van der Waals surface area contributed by atoms with Crippen LogP contribution in [0.3, 0.4) is 0 Å². The van der Waals surface area contributed by atoms with Crippen LogP contribution in [0, 0.1) is 6.92 Å². The number of amides is 1. The molecule has 1 amide bonds. The zero-order chi connectivity index (χ0) is 17.1. The topological polar surface area (TPSA) is 57.7 Å². The van der Waals surface area contributed by atoms with Gasteiger partial charge in [-0.3, -0.25) is 9.69 Å². The fourth-order valence-electron chi connectivity index (χ4n) is 3.63. The van der Waals surface area contributed by atoms with E-state index in [2.05, 4.69) is 32.2 Å². The molecule has 3 heterocycles. The van der Waals surface area contributed by atoms with Crippen LogP contribution in [0.25, 0.3) is 0 Å². The van der Waals surface area contributed by atoms with Crippen molar-refractivity contribution in [3.63, 3.8) is 0 Å². The maximum atomic E-state index is 12.5. The Morgan fingerprint density at radius 1 is 1.33 bits per heavy atom. The Bertz CT molecular complexity index is 555. The fourth-order valence-corrected chi connectivity index (χ4v) is 3.63. The average molecular weight is 332 g/mol. The number of carbonyl (C=O) groups excluding carboxylic acids is 1. The van der Waals surface area contributed by atoms with E-state index in [4.69, 9.17) is 4.74 Å². The van der Waals surface area contributed by atoms with Gasteiger partial charge >= 0.3 is 0 Å². The number of nitrogens with one attached hydrogen (secondary N) is 1. The zero-order valence-corrected chi connectivity index (χ0v) is 14.9. The van der Waals surface area contributed by atoms with Gasteiger partial charge in [-0.1, -0.05) is 6.07 Å². The molecule has 1 N–H and O–H groups in total. The first-order valence-electron chi connectivity index (χ1n) is 8.78. The quantitative estimate of drug-likeness (QED) is 0.898. The number of rotatable bonds is 4. The van der Waals surface area contributed by atoms with E-state index in [-0.39, 0.29) is 24.1 Å². The number of pyridine rings is 1. The number of piperidine rings is 1. The van der Waals surface area contributed by atoms with Gasteiger partial charge in [0.2, 0.25) is 5.91 Å². The number of aromatic nitrogens is 1. The molecule has 0 unspecified atom stereocenters. The Morgan fingerprint density at radius 2 is 2.08 bits per heavy atom. The molecule has 0 aromatic carbocycles. The third-order valence-electron chi connectivity index (χ3n) is 5.21. The Labute approximate surface area is 144 Å². The van der Waals surface area contributed by atoms with Crippen molar-refractivity contribution in [2.24, 2.45) is 0 Å². The van der Waals surface area contributed by atoms with Crippen molar-refractivity contribution in [2.45, 2.75) is 44.4 Å². The van der Waals surface area contributed by atoms with Crippen LogP contribution in [0.5, 0.6) is 0 Å². The molecule has 6 heteroatoms. The van der Waals surface area contributed by atoms with Gasteiger partial charge in [0.05, 0.1) is 12.1 Å². The normalized spacial score (nSPS) is 25.9. The minimum absolute atomic E-state index is 0.0632. The summed E-state index contributed by atoms with van der Waals surface area (Å²) in [5.41, 5.74) is 1.18. The number of ether oxygens (including phenoxy) is 1. The smallest absolute Gasteiger partial charge is 0.237 e. The molecule has 2 aliphatic heterocycles. The second-order valence-electron chi connectivity index (χ2n) is 7.01. The van der Waals surface area contributed by atoms with Crippen molar-refractivity contribution in [3.8, 4) is 0 Å². The lowest BCUT2D eigenvalue weighted by molar-refractivity contribution is -0.126. The maximum absolute atomic E-state index is 12.5. The monoisotopic (exact) mass is 332 g/mol. The Morgan fingerprint density at radius 3 is 2.67 bits per heavy atom. The van der Waals surface area contributed by atoms with Gasteiger partial charge in [0, 0.05) is 39.0 Å². The second kappa shape index (κ2) is 7.49. The molecule has 3 rings (SSSR count). The van der Waals surface area contributed by atoms with E-state index in [0.717, 1.165) is 44.7 Å². The summed E-state index contributed by atoms with van der Waals surface area (Å²) in [5.74, 6) is 1.17. The summed E-state index contributed by atoms with van der Waals surface area (Å²) >= 11 is 0. The number of aryl methyl sites for hydroxylation is 1. The van der Waals surface area contributed by atoms with E-state index in [1.54, 1.807) is 7.11 Å². The highest BCUT2D eigenvalue weighted by atomic mass is 16.5. The number of hydrogen-bond donors (Lipinski definition) is 1. The van der Waals surface area contributed by atoms with Gasteiger partial charge in [-0.05, 0) is 44.9 Å². The molecule has 1 aromatic heterocycles. The summed E-state index contributed by atoms with van der Waals surface area (Å²) in [7, 11) is 3.71. The number of carbonyl (C=O) groups is 1. The van der Waals surface area contributed by atoms with Crippen LogP contribution >= 0.6 is 0 Å². The molecule has 24 heavy (non-hydrogen) atoms. The van der Waals surface area contributed by atoms with Crippen molar-refractivity contribution >= 4 is 11.7 Å². The molecule has 2 fully saturated rings. The van der Waals surface area contributed by atoms with E-state index < -0.39 is 0 Å². The lowest BCUT2D eigenvalue weighted by atomic mass is 10.0. The highest BCUT2D eigenvalue weighted by molar-refractivity contribution is 5.82. The second-order valence-corrected chi connectivity index (χ2v) is 7.01. The molecule has 0 radical (unpaired) electrons. The Kier molecular flexibility index (Phi) is 5.36. The highest BCUT2D eigenvalue weighted by Crippen LogP contribution is 2.21. The average Bonchev–Trinajstić information content (AvgIpc) is 2.97. The molecule has 2 saturated heterocycles. The van der Waals surface area contributed by atoms with E-state index in [1.165, 1.54) is 5.56 Å². The summed E-state index contributed by atoms with van der Waals surface area (Å²) in [4.78, 5) is 21.4. The lowest BCUT2D eigenvalue weighted by Gasteiger charge is -2.34. The standard InChI is InChI=1S/C18H28N4O2/c1-13-4-5-17(19-11-13)22-8-6-14(7-9-22)20-18(23)16-10-15(24-3)12-21(16)2/h4-5,11,14-16H,6-10,12H2,1-3H3,(H,20,23)/t15-,16-/m0/s1. The van der Waals surface area contributed by atoms with E-state index in [1.807, 2.05) is 20.2 Å². The number of nitrogens with zero attached hydrogens (tertiary/aromatic N) is 3. The van der Waals surface area contributed by atoms with Crippen molar-refractivity contribution in [1.29, 1.82) is 0 Å². The van der Waals surface area contributed by atoms with Crippen LogP contribution in [0.1, 0.15) is 24.8 Å². The zero-order valence-electron chi connectivity index (χ0n) is 14.9. The molecule has 6 nitrogen and oxygen atoms in total. The van der Waals surface area contributed by atoms with Gasteiger partial charge in [-0.15, -0.1) is 0 Å². The van der Waals surface area contributed by atoms with Gasteiger partial charge < -0.3 is 15.0 Å². The minimum atomic E-state index is -0.0632. The highest BCUT2D eigenvalue weighted by Gasteiger charge is 2.35. The number of anilines is 1. The lowest BCUT2D eigenvalue weighted by Crippen LogP contribution is -2.49. The summed E-state index contributed by atoms with van der Waals surface area (Å²) in [6, 6.07) is 4.37. The molecule has 2 atom stereocenters. The molecule has 0 saturated carbocycles. The number of likely N-dealkylation sites (tertiary alicyclic amines) is 1. The van der Waals surface area contributed by atoms with E-state index >= 15 is 0 Å². The van der Waals surface area contributed by atoms with E-state index in [0.29, 0.717) is 0 Å². The first-order valence-corrected chi connectivity index (χ1v) is 8.78. The van der Waals surface area contributed by atoms with Gasteiger partial charge in [-0.25, -0.2) is 4.98 Å². The largest absolute Gasteiger partial charge is 0.380 e. The molecule has 0 spiro atoms. The summed E-state index contributed by atoms with van der Waals surface area (Å²) in [6.07, 6.45) is 4.79. The first-order chi connectivity index (χ1) is 11.6. The summed E-state index contributed by atoms with van der Waals surface area (Å²) in [6.45, 7) is 4.74. The minimum Gasteiger partial charge on any atom is -0.380 e. The van der Waals surface area contributed by atoms with Gasteiger partial charge in [0.25, 0.3) is 0 Å². The number of hydrogen-bond acceptors (Lipinski definition) is 5. The third kappa shape index (κ3) is 3.87. The van der Waals surface area contributed by atoms with Crippen LogP contribution in [-0.4, -0.2) is 67.8 Å². The van der Waals surface area contributed by atoms with Crippen molar-refractivity contribution < 1.29 is 9.53 Å². The molecule has 2 aliphatic rings. The van der Waals surface area contributed by atoms with Crippen molar-refractivity contribution in [1.82, 2.24) is 15.2 Å². The van der Waals surface area contributed by atoms with Crippen LogP contribution in [-0.2, 0) is 9.53 Å². The van der Waals surface area contributed by atoms with Gasteiger partial charge in [-0.2, -0.15) is 0 Å². The van der Waals surface area contributed by atoms with E-state index in [9.17, 15) is 4.79 Å². The van der Waals surface area contributed by atoms with Crippen LogP contribution < -0.4 is 10.2 Å². The maximum Gasteiger partial charge on any atom is 0.237 e. The van der Waals surface area contributed by atoms with Crippen molar-refractivity contribution in [3.05, 3.63) is 23.9 Å². The molecule has 0 aliphatic carbocycles. The van der Waals surface area contributed by atoms with Crippen LogP contribution in [0.15, 0.2) is 18.3 Å². The fraction of sp³-hybridized carbons (Fsp3) is 0.667. The number of methoxy groups -OCH3 is 1. The SMILES string of the molecule is CO[C@H]1C[C@@H](C(=O)NC2CCN(c3ccc(C)cn3)CC2)N(C)C1. The summed E-state index contributed by atoms with van der Waals surface area (Å²) in [5, 5.41) is 3.23. The van der Waals surface area contributed by atoms with Crippen molar-refractivity contribution in [2.75, 3.05) is 38.7 Å². The third-order valence-corrected chi connectivity index (χ3v) is 5.21. The van der Waals surface area contributed by atoms with Gasteiger partial charge in [0.1, 0.15) is 5.82 Å². The Balaban J connectivity index is 1.48. The van der Waals surface area contributed by atoms with Gasteiger partial charge in [0.15, 0.2) is 0 Å². The van der Waals surface area contributed by atoms with Crippen LogP contribution in [0.2, 0.25) is 0 Å². The molecule has 0 bridgehead atoms. The molecule has 132 valence electrons. The predicted octanol–water partition coefficient (Wildman–Crippen LogP) is 1.19. The number of likely N-dealkylation sites (N-methyl/N-ethyl adjacent to an activating group) is 1. The first kappa shape index (κ1) is 17.2. The Hall–Kier alpha value is -1.66. The predicted molar refractivity (Wildman–Crippen MR) is 94.2 cm³/mol. The molecular weight excluding hydrogens is 304 g/mol. The van der Waals surface area contributed by atoms with Crippen LogP contribution in [0.4, 0.5) is 5.82 Å². The molecule has 1 aromatic rings. The summed E-state index contributed by atoms with van der Waals surface area (Å²) < 4.78 is 5.39.